The molecule has 0 spiro atoms. The molecular formula is C12H24N4O4. The maximum absolute atomic E-state index is 11.1. The van der Waals surface area contributed by atoms with Crippen molar-refractivity contribution in [2.45, 2.75) is 25.2 Å². The summed E-state index contributed by atoms with van der Waals surface area (Å²) in [6.45, 7) is 0.000933. The maximum Gasteiger partial charge on any atom is 0.215 e. The third kappa shape index (κ3) is 7.19. The minimum absolute atomic E-state index is 0.0343. The molecule has 1 amide bonds. The number of aliphatic imine (C=N–C) groups is 1. The fraction of sp³-hybridized carbons (Fsp3) is 0.667. The number of methoxy groups -OCH3 is 1. The van der Waals surface area contributed by atoms with Crippen molar-refractivity contribution in [3.8, 4) is 0 Å². The molecule has 8 heteroatoms. The topological polar surface area (TPSA) is 123 Å². The number of rotatable bonds is 11. The van der Waals surface area contributed by atoms with Crippen molar-refractivity contribution in [1.29, 1.82) is 0 Å². The second-order valence-electron chi connectivity index (χ2n) is 3.91. The maximum atomic E-state index is 11.1. The van der Waals surface area contributed by atoms with Gasteiger partial charge >= 0.3 is 0 Å². The molecule has 0 heterocycles. The Morgan fingerprint density at radius 3 is 2.70 bits per heavy atom. The molecule has 5 N–H and O–H groups in total. The largest absolute Gasteiger partial charge is 0.396 e. The first-order valence-corrected chi connectivity index (χ1v) is 6.21. The van der Waals surface area contributed by atoms with Crippen molar-refractivity contribution in [2.75, 3.05) is 27.5 Å². The summed E-state index contributed by atoms with van der Waals surface area (Å²) >= 11 is 0. The molecule has 0 aromatic heterocycles. The number of ether oxygens (including phenoxy) is 2. The van der Waals surface area contributed by atoms with E-state index >= 15 is 0 Å². The van der Waals surface area contributed by atoms with Crippen LogP contribution in [0, 0.1) is 0 Å². The van der Waals surface area contributed by atoms with Gasteiger partial charge in [-0.05, 0) is 12.5 Å². The monoisotopic (exact) mass is 288 g/mol. The number of amides is 1. The van der Waals surface area contributed by atoms with Gasteiger partial charge in [0.1, 0.15) is 12.1 Å². The fourth-order valence-electron chi connectivity index (χ4n) is 1.55. The molecule has 0 bridgehead atoms. The molecule has 0 aliphatic heterocycles. The highest BCUT2D eigenvalue weighted by molar-refractivity contribution is 5.91. The van der Waals surface area contributed by atoms with E-state index in [0.717, 1.165) is 0 Å². The molecule has 0 radical (unpaired) electrons. The van der Waals surface area contributed by atoms with Crippen LogP contribution in [0.5, 0.6) is 0 Å². The Morgan fingerprint density at radius 1 is 1.55 bits per heavy atom. The number of amidine groups is 1. The van der Waals surface area contributed by atoms with E-state index in [2.05, 4.69) is 4.99 Å². The Hall–Kier alpha value is -1.48. The van der Waals surface area contributed by atoms with Crippen LogP contribution in [-0.2, 0) is 14.3 Å². The van der Waals surface area contributed by atoms with Gasteiger partial charge in [-0.1, -0.05) is 0 Å². The average Bonchev–Trinajstić information content (AvgIpc) is 2.46. The Kier molecular flexibility index (Phi) is 10.5. The van der Waals surface area contributed by atoms with Gasteiger partial charge in [-0.2, -0.15) is 0 Å². The zero-order chi connectivity index (χ0) is 15.4. The first kappa shape index (κ1) is 18.5. The van der Waals surface area contributed by atoms with Crippen molar-refractivity contribution in [1.82, 2.24) is 4.90 Å². The van der Waals surface area contributed by atoms with E-state index in [4.69, 9.17) is 26.0 Å². The predicted molar refractivity (Wildman–Crippen MR) is 75.6 cm³/mol. The number of carbonyl (C=O) groups is 1. The Morgan fingerprint density at radius 2 is 2.25 bits per heavy atom. The summed E-state index contributed by atoms with van der Waals surface area (Å²) in [6.07, 6.45) is 3.52. The van der Waals surface area contributed by atoms with Gasteiger partial charge in [-0.15, -0.1) is 0 Å². The van der Waals surface area contributed by atoms with Crippen LogP contribution in [0.1, 0.15) is 12.8 Å². The third-order valence-electron chi connectivity index (χ3n) is 2.65. The number of nitrogens with zero attached hydrogens (tertiary/aromatic N) is 2. The van der Waals surface area contributed by atoms with E-state index in [1.807, 2.05) is 0 Å². The molecule has 0 aliphatic rings. The van der Waals surface area contributed by atoms with Gasteiger partial charge in [0.2, 0.25) is 6.41 Å². The second kappa shape index (κ2) is 11.4. The minimum atomic E-state index is -0.545. The van der Waals surface area contributed by atoms with Gasteiger partial charge in [0, 0.05) is 33.4 Å². The lowest BCUT2D eigenvalue weighted by molar-refractivity contribution is -0.128. The van der Waals surface area contributed by atoms with Crippen LogP contribution in [0.2, 0.25) is 0 Å². The predicted octanol–water partition coefficient (Wildman–Crippen LogP) is -1.01. The molecule has 0 aromatic carbocycles. The smallest absolute Gasteiger partial charge is 0.215 e. The summed E-state index contributed by atoms with van der Waals surface area (Å²) in [7, 11) is 3.02. The number of aliphatic hydroxyl groups excluding tert-OH is 1. The standard InChI is InChI=1S/C12H24N4O4/c1-15-11(14)3-5-16(9-18)12(19-2)7-10(4-6-17)20-8-13/h3,5,9-10,12,17H,4,6-8,13H2,1-2H3,(H2,14,15)/b5-3-/t10-,12+/m0/s1. The zero-order valence-electron chi connectivity index (χ0n) is 11.9. The lowest BCUT2D eigenvalue weighted by Gasteiger charge is -2.27. The highest BCUT2D eigenvalue weighted by Gasteiger charge is 2.20. The van der Waals surface area contributed by atoms with Gasteiger partial charge < -0.3 is 26.0 Å². The Bertz CT molecular complexity index is 317. The van der Waals surface area contributed by atoms with Gasteiger partial charge in [-0.3, -0.25) is 14.7 Å². The van der Waals surface area contributed by atoms with E-state index in [9.17, 15) is 4.79 Å². The van der Waals surface area contributed by atoms with Gasteiger partial charge in [0.15, 0.2) is 0 Å². The zero-order valence-corrected chi connectivity index (χ0v) is 11.9. The van der Waals surface area contributed by atoms with Crippen LogP contribution in [-0.4, -0.2) is 62.1 Å². The van der Waals surface area contributed by atoms with Crippen molar-refractivity contribution in [3.63, 3.8) is 0 Å². The van der Waals surface area contributed by atoms with Crippen molar-refractivity contribution in [3.05, 3.63) is 12.3 Å². The summed E-state index contributed by atoms with van der Waals surface area (Å²) in [5.74, 6) is 0.289. The van der Waals surface area contributed by atoms with Crippen molar-refractivity contribution >= 4 is 12.2 Å². The molecule has 116 valence electrons. The van der Waals surface area contributed by atoms with Gasteiger partial charge in [0.05, 0.1) is 12.8 Å². The SMILES string of the molecule is C/N=C(N)\C=C/N(C=O)[C@@H](C[C@H](CCO)OCN)OC. The fourth-order valence-corrected chi connectivity index (χ4v) is 1.55. The minimum Gasteiger partial charge on any atom is -0.396 e. The molecule has 8 nitrogen and oxygen atoms in total. The van der Waals surface area contributed by atoms with Crippen LogP contribution in [0.25, 0.3) is 0 Å². The number of hydrogen-bond donors (Lipinski definition) is 3. The number of carbonyl (C=O) groups excluding carboxylic acids is 1. The second-order valence-corrected chi connectivity index (χ2v) is 3.91. The number of nitrogens with two attached hydrogens (primary N) is 2. The van der Waals surface area contributed by atoms with Crippen LogP contribution in [0.15, 0.2) is 17.3 Å². The molecule has 0 aliphatic carbocycles. The van der Waals surface area contributed by atoms with E-state index in [1.165, 1.54) is 24.3 Å². The molecule has 0 saturated heterocycles. The molecule has 0 saturated carbocycles. The Labute approximate surface area is 119 Å². The quantitative estimate of drug-likeness (QED) is 0.194. The highest BCUT2D eigenvalue weighted by atomic mass is 16.5. The lowest BCUT2D eigenvalue weighted by atomic mass is 10.1. The lowest BCUT2D eigenvalue weighted by Crippen LogP contribution is -2.36. The normalized spacial score (nSPS) is 15.3. The van der Waals surface area contributed by atoms with E-state index in [0.29, 0.717) is 19.3 Å². The highest BCUT2D eigenvalue weighted by Crippen LogP contribution is 2.12. The van der Waals surface area contributed by atoms with E-state index < -0.39 is 6.23 Å². The summed E-state index contributed by atoms with van der Waals surface area (Å²) in [5, 5.41) is 8.96. The molecule has 2 atom stereocenters. The molecule has 20 heavy (non-hydrogen) atoms. The van der Waals surface area contributed by atoms with Gasteiger partial charge in [-0.25, -0.2) is 0 Å². The summed E-state index contributed by atoms with van der Waals surface area (Å²) in [6, 6.07) is 0. The average molecular weight is 288 g/mol. The number of aliphatic hydroxyl groups is 1. The Balaban J connectivity index is 4.73. The van der Waals surface area contributed by atoms with E-state index in [1.54, 1.807) is 7.05 Å². The molecule has 0 aromatic rings. The third-order valence-corrected chi connectivity index (χ3v) is 2.65. The van der Waals surface area contributed by atoms with Crippen LogP contribution >= 0.6 is 0 Å². The van der Waals surface area contributed by atoms with Crippen LogP contribution < -0.4 is 11.5 Å². The van der Waals surface area contributed by atoms with Crippen molar-refractivity contribution in [2.24, 2.45) is 16.5 Å². The molecule has 0 unspecified atom stereocenters. The summed E-state index contributed by atoms with van der Waals surface area (Å²) < 4.78 is 10.5. The van der Waals surface area contributed by atoms with Crippen molar-refractivity contribution < 1.29 is 19.4 Å². The summed E-state index contributed by atoms with van der Waals surface area (Å²) in [5.41, 5.74) is 10.8. The molecule has 0 rings (SSSR count). The summed E-state index contributed by atoms with van der Waals surface area (Å²) in [4.78, 5) is 16.2. The molecule has 0 fully saturated rings. The van der Waals surface area contributed by atoms with Gasteiger partial charge in [0.25, 0.3) is 0 Å². The van der Waals surface area contributed by atoms with Crippen LogP contribution in [0.4, 0.5) is 0 Å². The first-order valence-electron chi connectivity index (χ1n) is 6.21. The van der Waals surface area contributed by atoms with Crippen LogP contribution in [0.3, 0.4) is 0 Å². The first-order chi connectivity index (χ1) is 9.62. The number of hydrogen-bond acceptors (Lipinski definition) is 6. The van der Waals surface area contributed by atoms with E-state index in [-0.39, 0.29) is 25.3 Å². The molecular weight excluding hydrogens is 264 g/mol.